The molecule has 3 rings (SSSR count). The number of carbonyl (C=O) groups excluding carboxylic acids is 1. The Kier molecular flexibility index (Phi) is 6.65. The molecule has 158 valence electrons. The Morgan fingerprint density at radius 3 is 2.47 bits per heavy atom. The Labute approximate surface area is 178 Å². The average Bonchev–Trinajstić information content (AvgIpc) is 3.23. The van der Waals surface area contributed by atoms with Crippen molar-refractivity contribution in [2.24, 2.45) is 0 Å². The number of rotatable bonds is 8. The summed E-state index contributed by atoms with van der Waals surface area (Å²) in [6.07, 6.45) is 0. The molecule has 0 spiro atoms. The summed E-state index contributed by atoms with van der Waals surface area (Å²) in [5.41, 5.74) is 1.02. The minimum absolute atomic E-state index is 0.0795. The molecule has 0 saturated heterocycles. The molecule has 1 aromatic heterocycles. The van der Waals surface area contributed by atoms with Gasteiger partial charge in [-0.1, -0.05) is 29.5 Å². The van der Waals surface area contributed by atoms with Gasteiger partial charge in [0.2, 0.25) is 9.47 Å². The van der Waals surface area contributed by atoms with Crippen LogP contribution in [0.1, 0.15) is 28.9 Å². The lowest BCUT2D eigenvalue weighted by Crippen LogP contribution is -2.27. The number of carbonyl (C=O) groups is 1. The highest BCUT2D eigenvalue weighted by Crippen LogP contribution is 2.30. The first-order valence-electron chi connectivity index (χ1n) is 8.78. The van der Waals surface area contributed by atoms with E-state index >= 15 is 0 Å². The normalized spacial score (nSPS) is 12.2. The smallest absolute Gasteiger partial charge is 0.270 e. The van der Waals surface area contributed by atoms with Crippen molar-refractivity contribution >= 4 is 32.4 Å². The second kappa shape index (κ2) is 9.20. The lowest BCUT2D eigenvalue weighted by atomic mass is 10.1. The van der Waals surface area contributed by atoms with E-state index in [4.69, 9.17) is 9.47 Å². The van der Waals surface area contributed by atoms with E-state index in [1.807, 2.05) is 0 Å². The summed E-state index contributed by atoms with van der Waals surface area (Å²) in [6.45, 7) is 1.67. The summed E-state index contributed by atoms with van der Waals surface area (Å²) in [4.78, 5) is 12.2. The Morgan fingerprint density at radius 2 is 1.80 bits per heavy atom. The van der Waals surface area contributed by atoms with Crippen molar-refractivity contribution in [2.75, 3.05) is 19.5 Å². The molecule has 0 unspecified atom stereocenters. The van der Waals surface area contributed by atoms with Crippen LogP contribution < -0.4 is 19.5 Å². The first-order valence-corrected chi connectivity index (χ1v) is 11.1. The van der Waals surface area contributed by atoms with Gasteiger partial charge in [0.25, 0.3) is 15.9 Å². The fourth-order valence-electron chi connectivity index (χ4n) is 2.65. The third kappa shape index (κ3) is 4.93. The average molecular weight is 449 g/mol. The zero-order valence-corrected chi connectivity index (χ0v) is 18.1. The van der Waals surface area contributed by atoms with Crippen LogP contribution in [0.5, 0.6) is 11.5 Å². The van der Waals surface area contributed by atoms with Crippen molar-refractivity contribution in [1.82, 2.24) is 14.9 Å². The standard InChI is InChI=1S/C19H20N4O5S2/c1-12(15-11-14(27-2)9-10-16(15)28-3)23-30(25,26)19-22-21-18(29-19)20-17(24)13-7-5-4-6-8-13/h4-12,23H,1-3H3,(H,20,21,24)/t12-/m1/s1. The van der Waals surface area contributed by atoms with Crippen LogP contribution >= 0.6 is 11.3 Å². The molecule has 0 fully saturated rings. The van der Waals surface area contributed by atoms with E-state index in [0.29, 0.717) is 22.6 Å². The van der Waals surface area contributed by atoms with Gasteiger partial charge in [0.05, 0.1) is 14.2 Å². The van der Waals surface area contributed by atoms with E-state index in [9.17, 15) is 13.2 Å². The third-order valence-corrected chi connectivity index (χ3v) is 6.87. The van der Waals surface area contributed by atoms with Crippen LogP contribution in [-0.2, 0) is 10.0 Å². The number of nitrogens with one attached hydrogen (secondary N) is 2. The van der Waals surface area contributed by atoms with Gasteiger partial charge >= 0.3 is 0 Å². The van der Waals surface area contributed by atoms with E-state index in [0.717, 1.165) is 11.3 Å². The topological polar surface area (TPSA) is 120 Å². The van der Waals surface area contributed by atoms with E-state index in [1.54, 1.807) is 55.5 Å². The van der Waals surface area contributed by atoms with Gasteiger partial charge in [0.15, 0.2) is 0 Å². The van der Waals surface area contributed by atoms with Gasteiger partial charge in [-0.15, -0.1) is 10.2 Å². The predicted molar refractivity (Wildman–Crippen MR) is 113 cm³/mol. The molecule has 3 aromatic rings. The summed E-state index contributed by atoms with van der Waals surface area (Å²) in [5, 5.41) is 10.1. The Hall–Kier alpha value is -3.02. The van der Waals surface area contributed by atoms with E-state index in [2.05, 4.69) is 20.2 Å². The summed E-state index contributed by atoms with van der Waals surface area (Å²) in [5.74, 6) is 0.677. The van der Waals surface area contributed by atoms with Crippen LogP contribution in [0.15, 0.2) is 52.9 Å². The highest BCUT2D eigenvalue weighted by molar-refractivity contribution is 7.91. The van der Waals surface area contributed by atoms with E-state index < -0.39 is 22.0 Å². The van der Waals surface area contributed by atoms with Crippen molar-refractivity contribution in [1.29, 1.82) is 0 Å². The number of anilines is 1. The molecule has 0 aliphatic heterocycles. The second-order valence-corrected chi connectivity index (χ2v) is 9.01. The fourth-order valence-corrected chi connectivity index (χ4v) is 4.79. The molecule has 11 heteroatoms. The first kappa shape index (κ1) is 21.7. The monoisotopic (exact) mass is 448 g/mol. The van der Waals surface area contributed by atoms with Gasteiger partial charge in [-0.3, -0.25) is 10.1 Å². The minimum atomic E-state index is -3.98. The first-order chi connectivity index (χ1) is 14.3. The van der Waals surface area contributed by atoms with Crippen LogP contribution in [-0.4, -0.2) is 38.7 Å². The van der Waals surface area contributed by atoms with Crippen LogP contribution in [0.25, 0.3) is 0 Å². The maximum atomic E-state index is 12.8. The van der Waals surface area contributed by atoms with E-state index in [1.165, 1.54) is 14.2 Å². The molecule has 1 amide bonds. The van der Waals surface area contributed by atoms with Gasteiger partial charge in [0, 0.05) is 17.2 Å². The zero-order valence-electron chi connectivity index (χ0n) is 16.4. The number of benzene rings is 2. The summed E-state index contributed by atoms with van der Waals surface area (Å²) < 4.78 is 38.3. The number of methoxy groups -OCH3 is 2. The highest BCUT2D eigenvalue weighted by Gasteiger charge is 2.25. The SMILES string of the molecule is COc1ccc(OC)c([C@@H](C)NS(=O)(=O)c2nnc(NC(=O)c3ccccc3)s2)c1. The van der Waals surface area contributed by atoms with Gasteiger partial charge < -0.3 is 9.47 Å². The van der Waals surface area contributed by atoms with Crippen molar-refractivity contribution < 1.29 is 22.7 Å². The number of hydrogen-bond acceptors (Lipinski definition) is 8. The molecule has 0 aliphatic carbocycles. The molecule has 1 heterocycles. The number of aromatic nitrogens is 2. The summed E-state index contributed by atoms with van der Waals surface area (Å²) in [7, 11) is -0.965. The van der Waals surface area contributed by atoms with Crippen LogP contribution in [0.3, 0.4) is 0 Å². The molecule has 0 bridgehead atoms. The second-order valence-electron chi connectivity index (χ2n) is 6.14. The molecule has 30 heavy (non-hydrogen) atoms. The maximum Gasteiger partial charge on any atom is 0.270 e. The third-order valence-electron chi connectivity index (χ3n) is 4.13. The molecule has 0 aliphatic rings. The number of nitrogens with zero attached hydrogens (tertiary/aromatic N) is 2. The van der Waals surface area contributed by atoms with Gasteiger partial charge in [-0.25, -0.2) is 13.1 Å². The Morgan fingerprint density at radius 1 is 1.07 bits per heavy atom. The quantitative estimate of drug-likeness (QED) is 0.509. The lowest BCUT2D eigenvalue weighted by molar-refractivity contribution is 0.102. The molecule has 0 radical (unpaired) electrons. The van der Waals surface area contributed by atoms with Gasteiger partial charge in [-0.2, -0.15) is 0 Å². The highest BCUT2D eigenvalue weighted by atomic mass is 32.2. The number of ether oxygens (including phenoxy) is 2. The summed E-state index contributed by atoms with van der Waals surface area (Å²) >= 11 is 0.757. The number of sulfonamides is 1. The molecule has 0 saturated carbocycles. The van der Waals surface area contributed by atoms with E-state index in [-0.39, 0.29) is 9.47 Å². The fraction of sp³-hybridized carbons (Fsp3) is 0.211. The van der Waals surface area contributed by atoms with Gasteiger partial charge in [-0.05, 0) is 37.3 Å². The van der Waals surface area contributed by atoms with Crippen LogP contribution in [0.2, 0.25) is 0 Å². The van der Waals surface area contributed by atoms with Crippen molar-refractivity contribution in [3.05, 3.63) is 59.7 Å². The lowest BCUT2D eigenvalue weighted by Gasteiger charge is -2.17. The van der Waals surface area contributed by atoms with Gasteiger partial charge in [0.1, 0.15) is 11.5 Å². The molecule has 2 N–H and O–H groups in total. The Bertz CT molecular complexity index is 1130. The van der Waals surface area contributed by atoms with Crippen molar-refractivity contribution in [2.45, 2.75) is 17.3 Å². The maximum absolute atomic E-state index is 12.8. The number of amides is 1. The molecular weight excluding hydrogens is 428 g/mol. The molecular formula is C19H20N4O5S2. The molecule has 1 atom stereocenters. The summed E-state index contributed by atoms with van der Waals surface area (Å²) in [6, 6.07) is 13.0. The zero-order chi connectivity index (χ0) is 21.7. The van der Waals surface area contributed by atoms with Crippen LogP contribution in [0.4, 0.5) is 5.13 Å². The predicted octanol–water partition coefficient (Wildman–Crippen LogP) is 2.85. The van der Waals surface area contributed by atoms with Crippen LogP contribution in [0, 0.1) is 0 Å². The molecule has 2 aromatic carbocycles. The number of hydrogen-bond donors (Lipinski definition) is 2. The van der Waals surface area contributed by atoms with Crippen molar-refractivity contribution in [3.63, 3.8) is 0 Å². The largest absolute Gasteiger partial charge is 0.497 e. The molecule has 9 nitrogen and oxygen atoms in total. The van der Waals surface area contributed by atoms with Crippen molar-refractivity contribution in [3.8, 4) is 11.5 Å². The minimum Gasteiger partial charge on any atom is -0.497 e. The Balaban J connectivity index is 1.76.